The van der Waals surface area contributed by atoms with Crippen molar-refractivity contribution in [3.63, 3.8) is 0 Å². The molecule has 5 rings (SSSR count). The van der Waals surface area contributed by atoms with E-state index in [0.717, 1.165) is 34.0 Å². The Morgan fingerprint density at radius 3 is 2.71 bits per heavy atom. The number of ether oxygens (including phenoxy) is 1. The number of nitrogens with zero attached hydrogens (tertiary/aromatic N) is 6. The van der Waals surface area contributed by atoms with E-state index in [0.29, 0.717) is 24.9 Å². The van der Waals surface area contributed by atoms with E-state index >= 15 is 0 Å². The van der Waals surface area contributed by atoms with Crippen LogP contribution in [0.2, 0.25) is 0 Å². The highest BCUT2D eigenvalue weighted by atomic mass is 16.6. The Bertz CT molecular complexity index is 1650. The first-order valence-corrected chi connectivity index (χ1v) is 12.7. The number of imidazole rings is 1. The van der Waals surface area contributed by atoms with E-state index < -0.39 is 22.9 Å². The van der Waals surface area contributed by atoms with E-state index in [1.165, 1.54) is 4.57 Å². The van der Waals surface area contributed by atoms with Crippen LogP contribution in [-0.4, -0.2) is 59.9 Å². The fraction of sp³-hybridized carbons (Fsp3) is 0.462. The number of alkyl carbamates (subject to hydrolysis) is 1. The molecule has 4 heterocycles. The molecule has 1 amide bonds. The van der Waals surface area contributed by atoms with Crippen molar-refractivity contribution in [2.24, 2.45) is 7.05 Å². The first kappa shape index (κ1) is 25.4. The van der Waals surface area contributed by atoms with Gasteiger partial charge in [0.2, 0.25) is 5.95 Å². The summed E-state index contributed by atoms with van der Waals surface area (Å²) in [7, 11) is 1.58. The minimum Gasteiger partial charge on any atom is -0.444 e. The smallest absolute Gasteiger partial charge is 0.407 e. The predicted octanol–water partition coefficient (Wildman–Crippen LogP) is 2.22. The van der Waals surface area contributed by atoms with Crippen LogP contribution in [0.4, 0.5) is 10.7 Å². The number of rotatable bonds is 4. The zero-order valence-corrected chi connectivity index (χ0v) is 22.2. The van der Waals surface area contributed by atoms with Gasteiger partial charge in [0.05, 0.1) is 12.1 Å². The lowest BCUT2D eigenvalue weighted by Gasteiger charge is -2.33. The van der Waals surface area contributed by atoms with Crippen LogP contribution in [0.1, 0.15) is 45.1 Å². The van der Waals surface area contributed by atoms with Crippen molar-refractivity contribution in [1.29, 1.82) is 0 Å². The lowest BCUT2D eigenvalue weighted by Crippen LogP contribution is -2.49. The normalized spacial score (nSPS) is 16.2. The van der Waals surface area contributed by atoms with Gasteiger partial charge in [-0.1, -0.05) is 18.2 Å². The second-order valence-corrected chi connectivity index (χ2v) is 10.7. The maximum atomic E-state index is 13.4. The zero-order chi connectivity index (χ0) is 27.2. The van der Waals surface area contributed by atoms with Gasteiger partial charge in [-0.2, -0.15) is 4.98 Å². The number of nitrogens with one attached hydrogen (secondary N) is 2. The maximum Gasteiger partial charge on any atom is 0.407 e. The fourth-order valence-corrected chi connectivity index (χ4v) is 4.79. The fourth-order valence-electron chi connectivity index (χ4n) is 4.79. The molecule has 0 spiro atoms. The number of piperidine rings is 1. The largest absolute Gasteiger partial charge is 0.444 e. The number of para-hydroxylation sites is 1. The van der Waals surface area contributed by atoms with Gasteiger partial charge in [0.25, 0.3) is 5.56 Å². The number of carbonyl (C=O) groups excluding carboxylic acids is 1. The van der Waals surface area contributed by atoms with Crippen molar-refractivity contribution in [2.75, 3.05) is 18.0 Å². The van der Waals surface area contributed by atoms with Gasteiger partial charge >= 0.3 is 11.8 Å². The molecule has 1 aliphatic heterocycles. The molecular weight excluding hydrogens is 488 g/mol. The zero-order valence-electron chi connectivity index (χ0n) is 22.2. The summed E-state index contributed by atoms with van der Waals surface area (Å²) < 4.78 is 7.86. The van der Waals surface area contributed by atoms with Crippen LogP contribution in [-0.2, 0) is 18.3 Å². The maximum absolute atomic E-state index is 13.4. The van der Waals surface area contributed by atoms with Crippen molar-refractivity contribution in [1.82, 2.24) is 34.4 Å². The van der Waals surface area contributed by atoms with Gasteiger partial charge in [-0.25, -0.2) is 19.6 Å². The summed E-state index contributed by atoms with van der Waals surface area (Å²) in [4.78, 5) is 57.6. The molecule has 1 atom stereocenters. The summed E-state index contributed by atoms with van der Waals surface area (Å²) in [5, 5.41) is 3.84. The van der Waals surface area contributed by atoms with E-state index in [9.17, 15) is 14.4 Å². The lowest BCUT2D eigenvalue weighted by molar-refractivity contribution is 0.0500. The van der Waals surface area contributed by atoms with E-state index in [1.807, 2.05) is 56.9 Å². The minimum absolute atomic E-state index is 0.0624. The number of aromatic amines is 1. The van der Waals surface area contributed by atoms with Crippen LogP contribution in [0, 0.1) is 6.92 Å². The summed E-state index contributed by atoms with van der Waals surface area (Å²) in [5.41, 5.74) is 0.448. The highest BCUT2D eigenvalue weighted by Gasteiger charge is 2.27. The molecule has 0 radical (unpaired) electrons. The summed E-state index contributed by atoms with van der Waals surface area (Å²) in [6.45, 7) is 8.45. The highest BCUT2D eigenvalue weighted by Crippen LogP contribution is 2.20. The second kappa shape index (κ2) is 9.58. The molecule has 4 aromatic rings. The van der Waals surface area contributed by atoms with Gasteiger partial charge in [-0.05, 0) is 46.6 Å². The van der Waals surface area contributed by atoms with Crippen molar-refractivity contribution >= 4 is 34.1 Å². The van der Waals surface area contributed by atoms with Crippen LogP contribution in [0.5, 0.6) is 0 Å². The van der Waals surface area contributed by atoms with Crippen molar-refractivity contribution in [3.8, 4) is 0 Å². The topological polar surface area (TPSA) is 140 Å². The number of aryl methyl sites for hydroxylation is 2. The van der Waals surface area contributed by atoms with Crippen LogP contribution in [0.3, 0.4) is 0 Å². The number of benzene rings is 1. The third-order valence-corrected chi connectivity index (χ3v) is 6.55. The summed E-state index contributed by atoms with van der Waals surface area (Å²) >= 11 is 0. The summed E-state index contributed by atoms with van der Waals surface area (Å²) in [6.07, 6.45) is 1.15. The molecular formula is C26H32N8O4. The Labute approximate surface area is 218 Å². The molecule has 0 saturated carbocycles. The molecule has 200 valence electrons. The number of hydrogen-bond donors (Lipinski definition) is 2. The van der Waals surface area contributed by atoms with Gasteiger partial charge in [0.15, 0.2) is 11.2 Å². The molecule has 1 fully saturated rings. The van der Waals surface area contributed by atoms with Gasteiger partial charge in [-0.15, -0.1) is 0 Å². The molecule has 0 bridgehead atoms. The van der Waals surface area contributed by atoms with Gasteiger partial charge in [0.1, 0.15) is 11.4 Å². The average molecular weight is 521 g/mol. The van der Waals surface area contributed by atoms with Crippen LogP contribution in [0.15, 0.2) is 33.9 Å². The number of fused-ring (bicyclic) bond motifs is 2. The Balaban J connectivity index is 1.43. The molecule has 1 unspecified atom stereocenters. The molecule has 38 heavy (non-hydrogen) atoms. The van der Waals surface area contributed by atoms with Crippen molar-refractivity contribution in [2.45, 2.75) is 58.7 Å². The minimum atomic E-state index is -0.585. The third-order valence-electron chi connectivity index (χ3n) is 6.55. The Morgan fingerprint density at radius 2 is 1.95 bits per heavy atom. The molecule has 12 heteroatoms. The predicted molar refractivity (Wildman–Crippen MR) is 144 cm³/mol. The van der Waals surface area contributed by atoms with Crippen molar-refractivity contribution < 1.29 is 9.53 Å². The summed E-state index contributed by atoms with van der Waals surface area (Å²) in [6, 6.07) is 7.48. The number of carbonyl (C=O) groups is 1. The number of H-pyrrole nitrogens is 1. The molecule has 3 aromatic heterocycles. The van der Waals surface area contributed by atoms with E-state index in [2.05, 4.69) is 25.3 Å². The van der Waals surface area contributed by atoms with E-state index in [4.69, 9.17) is 4.74 Å². The Hall–Kier alpha value is -4.22. The number of amides is 1. The molecule has 1 saturated heterocycles. The van der Waals surface area contributed by atoms with Crippen molar-refractivity contribution in [3.05, 3.63) is 56.6 Å². The SMILES string of the molecule is Cc1nc(Cn2c(=O)c3[nH]c(N4CCCC(NC(=O)OC(C)(C)C)C4)nc3n(C)c2=O)nc2ccccc12. The van der Waals surface area contributed by atoms with Crippen LogP contribution < -0.4 is 21.5 Å². The molecule has 1 aliphatic rings. The van der Waals surface area contributed by atoms with Gasteiger partial charge in [0, 0.05) is 37.3 Å². The highest BCUT2D eigenvalue weighted by molar-refractivity contribution is 5.80. The quantitative estimate of drug-likeness (QED) is 0.417. The standard InChI is InChI=1S/C26H32N8O4/c1-15-17-10-6-7-11-18(17)29-19(27-15)14-34-22(35)20-21(32(5)25(34)37)31-23(30-20)33-12-8-9-16(13-33)28-24(36)38-26(2,3)4/h6-7,10-11,16H,8-9,12-14H2,1-5H3,(H,28,36)(H,30,31). The van der Waals surface area contributed by atoms with Gasteiger partial charge in [-0.3, -0.25) is 13.9 Å². The second-order valence-electron chi connectivity index (χ2n) is 10.7. The van der Waals surface area contributed by atoms with E-state index in [-0.39, 0.29) is 23.8 Å². The Kier molecular flexibility index (Phi) is 6.41. The average Bonchev–Trinajstić information content (AvgIpc) is 3.30. The third kappa shape index (κ3) is 4.98. The van der Waals surface area contributed by atoms with Crippen LogP contribution in [0.25, 0.3) is 22.1 Å². The monoisotopic (exact) mass is 520 g/mol. The number of aromatic nitrogens is 6. The number of hydrogen-bond acceptors (Lipinski definition) is 8. The molecule has 2 N–H and O–H groups in total. The number of anilines is 1. The molecule has 12 nitrogen and oxygen atoms in total. The van der Waals surface area contributed by atoms with Crippen LogP contribution >= 0.6 is 0 Å². The van der Waals surface area contributed by atoms with Gasteiger partial charge < -0.3 is 19.9 Å². The van der Waals surface area contributed by atoms with E-state index in [1.54, 1.807) is 7.05 Å². The Morgan fingerprint density at radius 1 is 1.18 bits per heavy atom. The molecule has 0 aliphatic carbocycles. The lowest BCUT2D eigenvalue weighted by atomic mass is 10.1. The first-order chi connectivity index (χ1) is 18.0. The molecule has 1 aromatic carbocycles. The summed E-state index contributed by atoms with van der Waals surface area (Å²) in [5.74, 6) is 0.852. The first-order valence-electron chi connectivity index (χ1n) is 12.7.